The SMILES string of the molecule is COC1C=C(c2[nH]c(-c3ccc(O)cc3)nc2-c2ccncc2)C=NC1N. The first kappa shape index (κ1) is 17.1. The van der Waals surface area contributed by atoms with E-state index in [1.807, 2.05) is 30.3 Å². The van der Waals surface area contributed by atoms with Crippen LogP contribution in [0.1, 0.15) is 5.69 Å². The molecule has 136 valence electrons. The van der Waals surface area contributed by atoms with E-state index in [1.165, 1.54) is 0 Å². The average Bonchev–Trinajstić information content (AvgIpc) is 3.15. The van der Waals surface area contributed by atoms with Crippen molar-refractivity contribution in [1.82, 2.24) is 15.0 Å². The van der Waals surface area contributed by atoms with Gasteiger partial charge in [-0.05, 0) is 42.5 Å². The number of aromatic amines is 1. The Hall–Kier alpha value is -3.29. The van der Waals surface area contributed by atoms with Gasteiger partial charge in [-0.2, -0.15) is 0 Å². The Balaban J connectivity index is 1.84. The Kier molecular flexibility index (Phi) is 4.53. The average molecular weight is 361 g/mol. The summed E-state index contributed by atoms with van der Waals surface area (Å²) in [5.74, 6) is 0.897. The lowest BCUT2D eigenvalue weighted by atomic mass is 10.0. The summed E-state index contributed by atoms with van der Waals surface area (Å²) in [5.41, 5.74) is 10.2. The largest absolute Gasteiger partial charge is 0.508 e. The highest BCUT2D eigenvalue weighted by Gasteiger charge is 2.23. The van der Waals surface area contributed by atoms with Crippen LogP contribution in [0.5, 0.6) is 5.75 Å². The summed E-state index contributed by atoms with van der Waals surface area (Å²) in [6.45, 7) is 0. The number of benzene rings is 1. The molecule has 0 saturated carbocycles. The molecule has 3 heterocycles. The highest BCUT2D eigenvalue weighted by Crippen LogP contribution is 2.31. The molecule has 4 N–H and O–H groups in total. The van der Waals surface area contributed by atoms with Gasteiger partial charge >= 0.3 is 0 Å². The van der Waals surface area contributed by atoms with E-state index in [1.54, 1.807) is 37.9 Å². The first-order chi connectivity index (χ1) is 13.2. The Morgan fingerprint density at radius 2 is 1.81 bits per heavy atom. The maximum atomic E-state index is 9.54. The van der Waals surface area contributed by atoms with Gasteiger partial charge in [-0.1, -0.05) is 0 Å². The van der Waals surface area contributed by atoms with E-state index >= 15 is 0 Å². The second-order valence-electron chi connectivity index (χ2n) is 6.18. The van der Waals surface area contributed by atoms with Gasteiger partial charge < -0.3 is 20.6 Å². The van der Waals surface area contributed by atoms with Crippen LogP contribution in [0, 0.1) is 0 Å². The lowest BCUT2D eigenvalue weighted by Gasteiger charge is -2.20. The standard InChI is InChI=1S/C20H19N5O2/c1-27-16-10-14(11-23-19(16)21)18-17(12-6-8-22-9-7-12)24-20(25-18)13-2-4-15(26)5-3-13/h2-11,16,19,26H,21H2,1H3,(H,24,25). The van der Waals surface area contributed by atoms with Crippen molar-refractivity contribution in [2.24, 2.45) is 10.7 Å². The van der Waals surface area contributed by atoms with Crippen LogP contribution in [-0.4, -0.2) is 45.7 Å². The smallest absolute Gasteiger partial charge is 0.138 e. The molecular formula is C20H19N5O2. The number of nitrogens with two attached hydrogens (primary N) is 1. The topological polar surface area (TPSA) is 109 Å². The number of aromatic nitrogens is 3. The molecule has 1 aromatic carbocycles. The molecule has 0 saturated heterocycles. The number of hydrogen-bond acceptors (Lipinski definition) is 6. The monoisotopic (exact) mass is 361 g/mol. The summed E-state index contributed by atoms with van der Waals surface area (Å²) in [4.78, 5) is 16.6. The van der Waals surface area contributed by atoms with E-state index in [0.717, 1.165) is 28.1 Å². The van der Waals surface area contributed by atoms with Crippen LogP contribution in [0.25, 0.3) is 28.2 Å². The van der Waals surface area contributed by atoms with Crippen LogP contribution in [-0.2, 0) is 4.74 Å². The minimum atomic E-state index is -0.428. The number of ether oxygens (including phenoxy) is 1. The number of nitrogens with zero attached hydrogens (tertiary/aromatic N) is 3. The normalized spacial score (nSPS) is 19.1. The van der Waals surface area contributed by atoms with Gasteiger partial charge in [-0.25, -0.2) is 4.98 Å². The van der Waals surface area contributed by atoms with Crippen LogP contribution < -0.4 is 5.73 Å². The van der Waals surface area contributed by atoms with Gasteiger partial charge in [-0.15, -0.1) is 0 Å². The fourth-order valence-electron chi connectivity index (χ4n) is 2.98. The molecule has 0 amide bonds. The number of phenols is 1. The van der Waals surface area contributed by atoms with Gasteiger partial charge in [0.05, 0.1) is 11.4 Å². The molecule has 4 rings (SSSR count). The molecule has 27 heavy (non-hydrogen) atoms. The van der Waals surface area contributed by atoms with Gasteiger partial charge in [0.15, 0.2) is 0 Å². The quantitative estimate of drug-likeness (QED) is 0.662. The van der Waals surface area contributed by atoms with Crippen LogP contribution in [0.15, 0.2) is 59.9 Å². The summed E-state index contributed by atoms with van der Waals surface area (Å²) in [6.07, 6.45) is 6.39. The van der Waals surface area contributed by atoms with E-state index in [-0.39, 0.29) is 11.9 Å². The van der Waals surface area contributed by atoms with Gasteiger partial charge in [0.2, 0.25) is 0 Å². The number of nitrogens with one attached hydrogen (secondary N) is 1. The Morgan fingerprint density at radius 1 is 1.07 bits per heavy atom. The van der Waals surface area contributed by atoms with Crippen LogP contribution >= 0.6 is 0 Å². The van der Waals surface area contributed by atoms with E-state index in [9.17, 15) is 5.11 Å². The maximum absolute atomic E-state index is 9.54. The zero-order valence-electron chi connectivity index (χ0n) is 14.7. The minimum absolute atomic E-state index is 0.207. The summed E-state index contributed by atoms with van der Waals surface area (Å²) in [5, 5.41) is 9.54. The zero-order chi connectivity index (χ0) is 18.8. The number of pyridine rings is 1. The Morgan fingerprint density at radius 3 is 2.52 bits per heavy atom. The number of dihydropyridines is 1. The Labute approximate surface area is 156 Å². The molecule has 0 spiro atoms. The van der Waals surface area contributed by atoms with E-state index in [0.29, 0.717) is 5.82 Å². The van der Waals surface area contributed by atoms with Crippen molar-refractivity contribution in [3.63, 3.8) is 0 Å². The van der Waals surface area contributed by atoms with Crippen LogP contribution in [0.4, 0.5) is 0 Å². The minimum Gasteiger partial charge on any atom is -0.508 e. The van der Waals surface area contributed by atoms with E-state index in [2.05, 4.69) is 15.0 Å². The lowest BCUT2D eigenvalue weighted by molar-refractivity contribution is 0.120. The van der Waals surface area contributed by atoms with Crippen LogP contribution in [0.2, 0.25) is 0 Å². The predicted octanol–water partition coefficient (Wildman–Crippen LogP) is 2.61. The third-order valence-electron chi connectivity index (χ3n) is 4.43. The molecule has 2 atom stereocenters. The predicted molar refractivity (Wildman–Crippen MR) is 104 cm³/mol. The summed E-state index contributed by atoms with van der Waals surface area (Å²) in [7, 11) is 1.61. The van der Waals surface area contributed by atoms with Crippen LogP contribution in [0.3, 0.4) is 0 Å². The summed E-state index contributed by atoms with van der Waals surface area (Å²) in [6, 6.07) is 10.7. The van der Waals surface area contributed by atoms with Gasteiger partial charge in [0, 0.05) is 42.4 Å². The highest BCUT2D eigenvalue weighted by molar-refractivity contribution is 6.12. The fraction of sp³-hybridized carbons (Fsp3) is 0.150. The number of phenolic OH excluding ortho intramolecular Hbond substituents is 1. The number of imidazole rings is 1. The van der Waals surface area contributed by atoms with Gasteiger partial charge in [-0.3, -0.25) is 9.98 Å². The van der Waals surface area contributed by atoms with Crippen molar-refractivity contribution >= 4 is 11.8 Å². The first-order valence-electron chi connectivity index (χ1n) is 8.49. The third kappa shape index (κ3) is 3.38. The van der Waals surface area contributed by atoms with Crippen molar-refractivity contribution < 1.29 is 9.84 Å². The lowest BCUT2D eigenvalue weighted by Crippen LogP contribution is -2.35. The molecule has 0 bridgehead atoms. The number of allylic oxidation sites excluding steroid dienone is 1. The van der Waals surface area contributed by atoms with E-state index in [4.69, 9.17) is 15.5 Å². The number of aromatic hydroxyl groups is 1. The van der Waals surface area contributed by atoms with Crippen molar-refractivity contribution in [2.75, 3.05) is 7.11 Å². The van der Waals surface area contributed by atoms with Gasteiger partial charge in [0.25, 0.3) is 0 Å². The van der Waals surface area contributed by atoms with Crippen molar-refractivity contribution in [1.29, 1.82) is 0 Å². The first-order valence-corrected chi connectivity index (χ1v) is 8.49. The Bertz CT molecular complexity index is 993. The maximum Gasteiger partial charge on any atom is 0.138 e. The number of H-pyrrole nitrogens is 1. The van der Waals surface area contributed by atoms with Crippen molar-refractivity contribution in [2.45, 2.75) is 12.3 Å². The highest BCUT2D eigenvalue weighted by atomic mass is 16.5. The second-order valence-corrected chi connectivity index (χ2v) is 6.18. The molecule has 2 aromatic heterocycles. The number of rotatable bonds is 4. The molecule has 7 nitrogen and oxygen atoms in total. The molecule has 3 aromatic rings. The fourth-order valence-corrected chi connectivity index (χ4v) is 2.98. The molecule has 2 unspecified atom stereocenters. The van der Waals surface area contributed by atoms with Crippen molar-refractivity contribution in [3.05, 3.63) is 60.6 Å². The molecule has 0 aliphatic carbocycles. The summed E-state index contributed by atoms with van der Waals surface area (Å²) >= 11 is 0. The molecule has 7 heteroatoms. The van der Waals surface area contributed by atoms with E-state index < -0.39 is 6.17 Å². The number of hydrogen-bond donors (Lipinski definition) is 3. The molecule has 1 aliphatic heterocycles. The number of aliphatic imine (C=N–C) groups is 1. The third-order valence-corrected chi connectivity index (χ3v) is 4.43. The molecular weight excluding hydrogens is 342 g/mol. The summed E-state index contributed by atoms with van der Waals surface area (Å²) < 4.78 is 5.42. The van der Waals surface area contributed by atoms with Crippen molar-refractivity contribution in [3.8, 4) is 28.4 Å². The second kappa shape index (κ2) is 7.14. The number of methoxy groups -OCH3 is 1. The van der Waals surface area contributed by atoms with Gasteiger partial charge in [0.1, 0.15) is 23.8 Å². The molecule has 0 radical (unpaired) electrons. The zero-order valence-corrected chi connectivity index (χ0v) is 14.7. The molecule has 1 aliphatic rings. The molecule has 0 fully saturated rings.